The Morgan fingerprint density at radius 3 is 2.21 bits per heavy atom. The van der Waals surface area contributed by atoms with Crippen molar-refractivity contribution in [3.63, 3.8) is 0 Å². The highest BCUT2D eigenvalue weighted by molar-refractivity contribution is 5.86. The lowest BCUT2D eigenvalue weighted by Crippen LogP contribution is -2.04. The topological polar surface area (TPSA) is 69.9 Å². The molecule has 1 heterocycles. The Morgan fingerprint density at radius 2 is 1.62 bits per heavy atom. The average Bonchev–Trinajstić information content (AvgIpc) is 2.91. The first-order valence-electron chi connectivity index (χ1n) is 7.55. The van der Waals surface area contributed by atoms with Crippen molar-refractivity contribution in [3.8, 4) is 12.1 Å². The van der Waals surface area contributed by atoms with Gasteiger partial charge in [0.2, 0.25) is 0 Å². The Morgan fingerprint density at radius 1 is 1.00 bits per heavy atom. The van der Waals surface area contributed by atoms with Crippen LogP contribution in [0.2, 0.25) is 0 Å². The van der Waals surface area contributed by atoms with Crippen LogP contribution in [0.25, 0.3) is 11.0 Å². The Kier molecular flexibility index (Phi) is 4.08. The van der Waals surface area contributed by atoms with Crippen LogP contribution in [0.1, 0.15) is 39.7 Å². The summed E-state index contributed by atoms with van der Waals surface area (Å²) in [6, 6.07) is 15.6. The minimum atomic E-state index is -0.300. The molecule has 0 unspecified atom stereocenters. The molecule has 24 heavy (non-hydrogen) atoms. The molecule has 4 heteroatoms. The van der Waals surface area contributed by atoms with Crippen molar-refractivity contribution in [2.75, 3.05) is 7.11 Å². The molecule has 1 atom stereocenters. The predicted octanol–water partition coefficient (Wildman–Crippen LogP) is 4.53. The third-order valence-electron chi connectivity index (χ3n) is 4.17. The Hall–Kier alpha value is -3.08. The van der Waals surface area contributed by atoms with Crippen LogP contribution in [0.5, 0.6) is 0 Å². The van der Waals surface area contributed by atoms with Crippen LogP contribution in [0.4, 0.5) is 0 Å². The second-order valence-electron chi connectivity index (χ2n) is 5.72. The molecule has 4 nitrogen and oxygen atoms in total. The Bertz CT molecular complexity index is 986. The van der Waals surface area contributed by atoms with E-state index < -0.39 is 0 Å². The standard InChI is InChI=1S/C20H16N2O2/c1-12-4-6-14(7-5-12)20(23-3)19-13(2)24-18-9-16(11-22)15(10-21)8-17(18)19/h4-9,20H,1-3H3/t20-/m0/s1. The molecular weight excluding hydrogens is 300 g/mol. The first-order chi connectivity index (χ1) is 11.6. The van der Waals surface area contributed by atoms with Crippen molar-refractivity contribution in [3.05, 3.63) is 70.0 Å². The predicted molar refractivity (Wildman–Crippen MR) is 90.4 cm³/mol. The molecule has 0 saturated carbocycles. The summed E-state index contributed by atoms with van der Waals surface area (Å²) in [7, 11) is 1.65. The highest BCUT2D eigenvalue weighted by atomic mass is 16.5. The van der Waals surface area contributed by atoms with Crippen LogP contribution in [0.15, 0.2) is 40.8 Å². The largest absolute Gasteiger partial charge is 0.461 e. The number of hydrogen-bond donors (Lipinski definition) is 0. The molecule has 0 aliphatic rings. The van der Waals surface area contributed by atoms with Crippen molar-refractivity contribution in [1.29, 1.82) is 10.5 Å². The molecule has 0 N–H and O–H groups in total. The van der Waals surface area contributed by atoms with E-state index in [0.717, 1.165) is 22.3 Å². The van der Waals surface area contributed by atoms with Gasteiger partial charge in [-0.15, -0.1) is 0 Å². The molecule has 0 bridgehead atoms. The van der Waals surface area contributed by atoms with E-state index in [2.05, 4.69) is 6.07 Å². The summed E-state index contributed by atoms with van der Waals surface area (Å²) in [5.74, 6) is 0.719. The number of benzene rings is 2. The zero-order valence-corrected chi connectivity index (χ0v) is 13.8. The Labute approximate surface area is 140 Å². The maximum absolute atomic E-state index is 9.29. The first-order valence-corrected chi connectivity index (χ1v) is 7.55. The molecule has 0 fully saturated rings. The van der Waals surface area contributed by atoms with Gasteiger partial charge in [-0.05, 0) is 25.5 Å². The van der Waals surface area contributed by atoms with Gasteiger partial charge in [0.05, 0.1) is 11.1 Å². The van der Waals surface area contributed by atoms with Crippen molar-refractivity contribution in [2.24, 2.45) is 0 Å². The summed E-state index contributed by atoms with van der Waals surface area (Å²) in [6.07, 6.45) is -0.300. The molecule has 0 aliphatic carbocycles. The number of nitriles is 2. The molecule has 0 spiro atoms. The zero-order chi connectivity index (χ0) is 17.3. The minimum Gasteiger partial charge on any atom is -0.461 e. The third kappa shape index (κ3) is 2.54. The smallest absolute Gasteiger partial charge is 0.136 e. The van der Waals surface area contributed by atoms with E-state index in [0.29, 0.717) is 16.7 Å². The fourth-order valence-electron chi connectivity index (χ4n) is 2.96. The lowest BCUT2D eigenvalue weighted by molar-refractivity contribution is 0.136. The van der Waals surface area contributed by atoms with Crippen molar-refractivity contribution >= 4 is 11.0 Å². The van der Waals surface area contributed by atoms with Crippen molar-refractivity contribution in [2.45, 2.75) is 20.0 Å². The number of ether oxygens (including phenoxy) is 1. The summed E-state index contributed by atoms with van der Waals surface area (Å²) in [5.41, 5.74) is 4.31. The normalized spacial score (nSPS) is 11.9. The fourth-order valence-corrected chi connectivity index (χ4v) is 2.96. The van der Waals surface area contributed by atoms with Crippen LogP contribution in [0, 0.1) is 36.5 Å². The van der Waals surface area contributed by atoms with E-state index in [1.807, 2.05) is 44.2 Å². The third-order valence-corrected chi connectivity index (χ3v) is 4.17. The zero-order valence-electron chi connectivity index (χ0n) is 13.8. The van der Waals surface area contributed by atoms with E-state index in [-0.39, 0.29) is 6.10 Å². The fraction of sp³-hybridized carbons (Fsp3) is 0.200. The second kappa shape index (κ2) is 6.20. The number of rotatable bonds is 3. The van der Waals surface area contributed by atoms with Crippen LogP contribution < -0.4 is 0 Å². The number of fused-ring (bicyclic) bond motifs is 1. The molecular formula is C20H16N2O2. The molecule has 118 valence electrons. The van der Waals surface area contributed by atoms with Crippen LogP contribution in [0.3, 0.4) is 0 Å². The maximum Gasteiger partial charge on any atom is 0.136 e. The summed E-state index contributed by atoms with van der Waals surface area (Å²) in [6.45, 7) is 3.90. The highest BCUT2D eigenvalue weighted by Crippen LogP contribution is 2.37. The Balaban J connectivity index is 2.24. The van der Waals surface area contributed by atoms with Crippen LogP contribution in [-0.2, 0) is 4.74 Å². The number of methoxy groups -OCH3 is 1. The second-order valence-corrected chi connectivity index (χ2v) is 5.72. The molecule has 3 rings (SSSR count). The van der Waals surface area contributed by atoms with Crippen LogP contribution >= 0.6 is 0 Å². The summed E-state index contributed by atoms with van der Waals surface area (Å²) in [5, 5.41) is 19.3. The van der Waals surface area contributed by atoms with Crippen molar-refractivity contribution < 1.29 is 9.15 Å². The molecule has 0 radical (unpaired) electrons. The van der Waals surface area contributed by atoms with Crippen LogP contribution in [-0.4, -0.2) is 7.11 Å². The minimum absolute atomic E-state index is 0.300. The molecule has 2 aromatic carbocycles. The van der Waals surface area contributed by atoms with Gasteiger partial charge in [0.15, 0.2) is 0 Å². The SMILES string of the molecule is CO[C@@H](c1ccc(C)cc1)c1c(C)oc2cc(C#N)c(C#N)cc12. The molecule has 3 aromatic rings. The van der Waals surface area contributed by atoms with Gasteiger partial charge in [-0.3, -0.25) is 0 Å². The van der Waals surface area contributed by atoms with Gasteiger partial charge in [0.1, 0.15) is 29.6 Å². The van der Waals surface area contributed by atoms with E-state index >= 15 is 0 Å². The number of hydrogen-bond acceptors (Lipinski definition) is 4. The number of furan rings is 1. The summed E-state index contributed by atoms with van der Waals surface area (Å²) < 4.78 is 11.6. The molecule has 0 saturated heterocycles. The molecule has 1 aromatic heterocycles. The average molecular weight is 316 g/mol. The van der Waals surface area contributed by atoms with Gasteiger partial charge in [-0.1, -0.05) is 29.8 Å². The number of nitrogens with zero attached hydrogens (tertiary/aromatic N) is 2. The van der Waals surface area contributed by atoms with Gasteiger partial charge in [-0.2, -0.15) is 10.5 Å². The first kappa shape index (κ1) is 15.8. The molecule has 0 amide bonds. The van der Waals surface area contributed by atoms with Gasteiger partial charge in [0.25, 0.3) is 0 Å². The van der Waals surface area contributed by atoms with Gasteiger partial charge in [0, 0.05) is 24.1 Å². The lowest BCUT2D eigenvalue weighted by Gasteiger charge is -2.16. The van der Waals surface area contributed by atoms with Gasteiger partial charge < -0.3 is 9.15 Å². The van der Waals surface area contributed by atoms with E-state index in [4.69, 9.17) is 9.15 Å². The lowest BCUT2D eigenvalue weighted by atomic mass is 9.96. The van der Waals surface area contributed by atoms with Gasteiger partial charge in [-0.25, -0.2) is 0 Å². The highest BCUT2D eigenvalue weighted by Gasteiger charge is 2.23. The summed E-state index contributed by atoms with van der Waals surface area (Å²) in [4.78, 5) is 0. The monoisotopic (exact) mass is 316 g/mol. The van der Waals surface area contributed by atoms with E-state index in [1.165, 1.54) is 5.56 Å². The van der Waals surface area contributed by atoms with Crippen molar-refractivity contribution in [1.82, 2.24) is 0 Å². The molecule has 0 aliphatic heterocycles. The summed E-state index contributed by atoms with van der Waals surface area (Å²) >= 11 is 0. The maximum atomic E-state index is 9.29. The number of aryl methyl sites for hydroxylation is 2. The van der Waals surface area contributed by atoms with E-state index in [9.17, 15) is 10.5 Å². The van der Waals surface area contributed by atoms with Gasteiger partial charge >= 0.3 is 0 Å². The van der Waals surface area contributed by atoms with E-state index in [1.54, 1.807) is 19.2 Å². The quantitative estimate of drug-likeness (QED) is 0.712.